The SMILES string of the molecule is CC/C=C(\SC)c1ccc(N)c(NC)c1.O=Cc1ccc(Cn2c(=O)[nH]c3ccccc3c2=O)cc1. The number of aldehydes is 1. The lowest BCUT2D eigenvalue weighted by Crippen LogP contribution is -2.35. The molecular weight excluding hydrogens is 472 g/mol. The molecule has 0 aliphatic heterocycles. The van der Waals surface area contributed by atoms with Crippen molar-refractivity contribution in [3.63, 3.8) is 0 Å². The number of nitrogens with one attached hydrogen (secondary N) is 2. The van der Waals surface area contributed by atoms with Crippen LogP contribution in [0.15, 0.2) is 82.4 Å². The summed E-state index contributed by atoms with van der Waals surface area (Å²) in [6.45, 7) is 2.31. The Morgan fingerprint density at radius 1 is 1.08 bits per heavy atom. The van der Waals surface area contributed by atoms with Gasteiger partial charge in [0, 0.05) is 17.5 Å². The number of hydrogen-bond acceptors (Lipinski definition) is 6. The van der Waals surface area contributed by atoms with E-state index in [-0.39, 0.29) is 12.1 Å². The Kier molecular flexibility index (Phi) is 9.30. The van der Waals surface area contributed by atoms with Crippen LogP contribution in [0.4, 0.5) is 11.4 Å². The van der Waals surface area contributed by atoms with E-state index in [4.69, 9.17) is 5.73 Å². The fourth-order valence-corrected chi connectivity index (χ4v) is 4.35. The number of para-hydroxylation sites is 1. The van der Waals surface area contributed by atoms with Crippen molar-refractivity contribution in [3.8, 4) is 0 Å². The zero-order valence-corrected chi connectivity index (χ0v) is 21.4. The fraction of sp³-hybridized carbons (Fsp3) is 0.179. The van der Waals surface area contributed by atoms with Crippen molar-refractivity contribution < 1.29 is 4.79 Å². The zero-order valence-electron chi connectivity index (χ0n) is 20.6. The predicted molar refractivity (Wildman–Crippen MR) is 152 cm³/mol. The van der Waals surface area contributed by atoms with E-state index in [2.05, 4.69) is 41.7 Å². The molecule has 0 aliphatic carbocycles. The van der Waals surface area contributed by atoms with Crippen LogP contribution < -0.4 is 22.3 Å². The Morgan fingerprint density at radius 2 is 1.81 bits per heavy atom. The van der Waals surface area contributed by atoms with Gasteiger partial charge < -0.3 is 16.0 Å². The van der Waals surface area contributed by atoms with Crippen LogP contribution in [0.3, 0.4) is 0 Å². The molecule has 0 unspecified atom stereocenters. The van der Waals surface area contributed by atoms with Crippen LogP contribution >= 0.6 is 11.8 Å². The summed E-state index contributed by atoms with van der Waals surface area (Å²) in [5.74, 6) is 0. The predicted octanol–water partition coefficient (Wildman–Crippen LogP) is 4.98. The average Bonchev–Trinajstić information content (AvgIpc) is 2.91. The van der Waals surface area contributed by atoms with Crippen LogP contribution in [-0.4, -0.2) is 29.1 Å². The van der Waals surface area contributed by atoms with Crippen LogP contribution in [-0.2, 0) is 6.54 Å². The normalized spacial score (nSPS) is 11.0. The maximum atomic E-state index is 12.4. The molecule has 0 amide bonds. The van der Waals surface area contributed by atoms with Gasteiger partial charge in [0.25, 0.3) is 5.56 Å². The Balaban J connectivity index is 0.000000214. The van der Waals surface area contributed by atoms with Crippen LogP contribution in [0.1, 0.15) is 34.8 Å². The van der Waals surface area contributed by atoms with Crippen molar-refractivity contribution in [2.24, 2.45) is 0 Å². The maximum Gasteiger partial charge on any atom is 0.329 e. The summed E-state index contributed by atoms with van der Waals surface area (Å²) in [4.78, 5) is 39.0. The molecule has 4 N–H and O–H groups in total. The minimum Gasteiger partial charge on any atom is -0.397 e. The number of rotatable bonds is 7. The van der Waals surface area contributed by atoms with Gasteiger partial charge in [-0.3, -0.25) is 14.2 Å². The number of thioether (sulfide) groups is 1. The van der Waals surface area contributed by atoms with E-state index in [0.29, 0.717) is 16.5 Å². The first-order valence-corrected chi connectivity index (χ1v) is 12.7. The molecule has 0 saturated carbocycles. The fourth-order valence-electron chi connectivity index (χ4n) is 3.66. The van der Waals surface area contributed by atoms with Gasteiger partial charge in [-0.2, -0.15) is 0 Å². The number of aromatic amines is 1. The molecule has 1 aromatic heterocycles. The van der Waals surface area contributed by atoms with Gasteiger partial charge in [-0.1, -0.05) is 55.5 Å². The molecule has 3 aromatic carbocycles. The Morgan fingerprint density at radius 3 is 2.44 bits per heavy atom. The number of allylic oxidation sites excluding steroid dienone is 1. The van der Waals surface area contributed by atoms with E-state index < -0.39 is 5.69 Å². The van der Waals surface area contributed by atoms with Crippen molar-refractivity contribution >= 4 is 45.2 Å². The summed E-state index contributed by atoms with van der Waals surface area (Å²) in [6.07, 6.45) is 6.13. The summed E-state index contributed by atoms with van der Waals surface area (Å²) >= 11 is 1.77. The first kappa shape index (κ1) is 26.6. The smallest absolute Gasteiger partial charge is 0.329 e. The van der Waals surface area contributed by atoms with Crippen molar-refractivity contribution in [1.29, 1.82) is 0 Å². The minimum atomic E-state index is -0.446. The van der Waals surface area contributed by atoms with Gasteiger partial charge >= 0.3 is 5.69 Å². The Labute approximate surface area is 214 Å². The number of H-pyrrole nitrogens is 1. The minimum absolute atomic E-state index is 0.165. The lowest BCUT2D eigenvalue weighted by molar-refractivity contribution is 0.112. The Hall–Kier alpha value is -4.04. The Bertz CT molecular complexity index is 1490. The molecule has 1 heterocycles. The number of fused-ring (bicyclic) bond motifs is 1. The quantitative estimate of drug-likeness (QED) is 0.243. The van der Waals surface area contributed by atoms with Gasteiger partial charge in [-0.15, -0.1) is 11.8 Å². The van der Waals surface area contributed by atoms with E-state index in [9.17, 15) is 14.4 Å². The summed E-state index contributed by atoms with van der Waals surface area (Å²) in [6, 6.07) is 19.8. The van der Waals surface area contributed by atoms with Crippen molar-refractivity contribution in [2.45, 2.75) is 19.9 Å². The lowest BCUT2D eigenvalue weighted by atomic mass is 10.1. The first-order chi connectivity index (χ1) is 17.4. The van der Waals surface area contributed by atoms with E-state index >= 15 is 0 Å². The molecule has 4 aromatic rings. The van der Waals surface area contributed by atoms with E-state index in [1.807, 2.05) is 13.1 Å². The van der Waals surface area contributed by atoms with Gasteiger partial charge in [0.1, 0.15) is 6.29 Å². The van der Waals surface area contributed by atoms with Gasteiger partial charge in [0.05, 0.1) is 28.8 Å². The summed E-state index contributed by atoms with van der Waals surface area (Å²) in [7, 11) is 1.89. The zero-order chi connectivity index (χ0) is 26.1. The molecule has 8 heteroatoms. The van der Waals surface area contributed by atoms with Crippen LogP contribution in [0, 0.1) is 0 Å². The number of aromatic nitrogens is 2. The van der Waals surface area contributed by atoms with Gasteiger partial charge in [-0.05, 0) is 48.1 Å². The van der Waals surface area contributed by atoms with E-state index in [0.717, 1.165) is 34.2 Å². The number of carbonyl (C=O) groups excluding carboxylic acids is 1. The standard InChI is InChI=1S/C16H12N2O3.C12H18N2S/c19-10-12-7-5-11(6-8-12)9-18-15(20)13-3-1-2-4-14(13)17-16(18)21;1-4-5-12(15-3)9-6-7-10(13)11(8-9)14-2/h1-8,10H,9H2,(H,17,21);5-8,14H,4,13H2,1-3H3/b;12-5-. The van der Waals surface area contributed by atoms with Crippen LogP contribution in [0.5, 0.6) is 0 Å². The van der Waals surface area contributed by atoms with E-state index in [1.54, 1.807) is 60.3 Å². The number of hydrogen-bond donors (Lipinski definition) is 3. The molecule has 0 radical (unpaired) electrons. The van der Waals surface area contributed by atoms with Crippen molar-refractivity contribution in [2.75, 3.05) is 24.4 Å². The molecule has 0 atom stereocenters. The summed E-state index contributed by atoms with van der Waals surface area (Å²) < 4.78 is 1.15. The van der Waals surface area contributed by atoms with Gasteiger partial charge in [0.15, 0.2) is 0 Å². The maximum absolute atomic E-state index is 12.4. The molecule has 0 bridgehead atoms. The largest absolute Gasteiger partial charge is 0.397 e. The van der Waals surface area contributed by atoms with Crippen molar-refractivity contribution in [1.82, 2.24) is 9.55 Å². The highest BCUT2D eigenvalue weighted by Gasteiger charge is 2.07. The van der Waals surface area contributed by atoms with Gasteiger partial charge in [-0.25, -0.2) is 4.79 Å². The molecule has 7 nitrogen and oxygen atoms in total. The second-order valence-electron chi connectivity index (χ2n) is 7.96. The number of nitrogens with two attached hydrogens (primary N) is 1. The molecule has 0 spiro atoms. The highest BCUT2D eigenvalue weighted by molar-refractivity contribution is 8.07. The number of anilines is 2. The molecular formula is C28H30N4O3S. The molecule has 0 saturated heterocycles. The van der Waals surface area contributed by atoms with Crippen LogP contribution in [0.25, 0.3) is 15.8 Å². The first-order valence-electron chi connectivity index (χ1n) is 11.5. The highest BCUT2D eigenvalue weighted by Crippen LogP contribution is 2.30. The van der Waals surface area contributed by atoms with Gasteiger partial charge in [0.2, 0.25) is 0 Å². The highest BCUT2D eigenvalue weighted by atomic mass is 32.2. The number of benzene rings is 3. The number of nitrogens with zero attached hydrogens (tertiary/aromatic N) is 1. The second kappa shape index (κ2) is 12.6. The summed E-state index contributed by atoms with van der Waals surface area (Å²) in [5.41, 5.74) is 9.92. The second-order valence-corrected chi connectivity index (χ2v) is 8.81. The lowest BCUT2D eigenvalue weighted by Gasteiger charge is -2.09. The third-order valence-corrected chi connectivity index (χ3v) is 6.40. The molecule has 0 aliphatic rings. The number of nitrogen functional groups attached to an aromatic ring is 1. The van der Waals surface area contributed by atoms with Crippen molar-refractivity contribution in [3.05, 3.63) is 110 Å². The van der Waals surface area contributed by atoms with Crippen LogP contribution in [0.2, 0.25) is 0 Å². The van der Waals surface area contributed by atoms with E-state index in [1.165, 1.54) is 10.5 Å². The number of carbonyl (C=O) groups is 1. The topological polar surface area (TPSA) is 110 Å². The third-order valence-electron chi connectivity index (χ3n) is 5.56. The molecule has 36 heavy (non-hydrogen) atoms. The molecule has 0 fully saturated rings. The average molecular weight is 503 g/mol. The third kappa shape index (κ3) is 6.34. The molecule has 4 rings (SSSR count). The molecule has 186 valence electrons. The monoisotopic (exact) mass is 502 g/mol. The summed E-state index contributed by atoms with van der Waals surface area (Å²) in [5, 5.41) is 3.57.